The van der Waals surface area contributed by atoms with Crippen LogP contribution in [0.2, 0.25) is 0 Å². The van der Waals surface area contributed by atoms with E-state index >= 15 is 0 Å². The number of fused-ring (bicyclic) bond motifs is 11. The molecule has 10 heteroatoms. The maximum absolute atomic E-state index is 9.42. The summed E-state index contributed by atoms with van der Waals surface area (Å²) in [5, 5.41) is 28.2. The number of thiophene rings is 4. The lowest BCUT2D eigenvalue weighted by atomic mass is 9.63. The fraction of sp³-hybridized carbons (Fsp3) is 0.333. The number of nitriles is 3. The number of hydrogen-bond acceptors (Lipinski definition) is 9. The minimum absolute atomic E-state index is 0.00567. The maximum atomic E-state index is 9.42. The first-order chi connectivity index (χ1) is 28.4. The van der Waals surface area contributed by atoms with Crippen LogP contribution >= 0.6 is 45.3 Å². The van der Waals surface area contributed by atoms with E-state index in [0.29, 0.717) is 0 Å². The zero-order valence-corrected chi connectivity index (χ0v) is 35.5. The smallest absolute Gasteiger partial charge is 0.263 e. The van der Waals surface area contributed by atoms with Crippen LogP contribution in [0.3, 0.4) is 0 Å². The number of hydrogen-bond donors (Lipinski definition) is 0. The van der Waals surface area contributed by atoms with Gasteiger partial charge in [0.15, 0.2) is 0 Å². The van der Waals surface area contributed by atoms with E-state index in [-0.39, 0.29) is 33.9 Å². The summed E-state index contributed by atoms with van der Waals surface area (Å²) in [6.07, 6.45) is 25.9. The van der Waals surface area contributed by atoms with Crippen molar-refractivity contribution >= 4 is 68.6 Å². The monoisotopic (exact) mass is 830 g/mol. The quantitative estimate of drug-likeness (QED) is 0.142. The Kier molecular flexibility index (Phi) is 9.12. The van der Waals surface area contributed by atoms with Crippen molar-refractivity contribution < 1.29 is 9.47 Å². The Morgan fingerprint density at radius 1 is 0.638 bits per heavy atom. The van der Waals surface area contributed by atoms with Crippen molar-refractivity contribution in [1.82, 2.24) is 0 Å². The standard InChI is InChI=1S/C48H38N4O2S4/c1-52-30(26-51)19-32-21-40(54-3)46(56-32)42-23-38-44(58-42)34-16-29-17-35-33(15-28(29)18-36(34)48(38)12-8-5-9-13-48)43-37(47(35)10-6-4-7-11-47)22-41(57-43)45-39(53-2)20-31(55-45)14-27(24-49)25-50/h14-23,28-29H,4-13H2,2-3H3/b30-19+. The van der Waals surface area contributed by atoms with Crippen molar-refractivity contribution in [2.45, 2.75) is 75.0 Å². The predicted molar refractivity (Wildman–Crippen MR) is 236 cm³/mol. The second-order valence-electron chi connectivity index (χ2n) is 16.1. The van der Waals surface area contributed by atoms with Gasteiger partial charge in [-0.25, -0.2) is 10.1 Å². The van der Waals surface area contributed by atoms with E-state index in [4.69, 9.17) is 16.0 Å². The zero-order chi connectivity index (χ0) is 39.8. The zero-order valence-electron chi connectivity index (χ0n) is 32.2. The molecular formula is C48H38N4O2S4. The molecule has 2 saturated carbocycles. The van der Waals surface area contributed by atoms with Crippen LogP contribution in [0.4, 0.5) is 0 Å². The van der Waals surface area contributed by atoms with Gasteiger partial charge in [0.05, 0.1) is 36.6 Å². The summed E-state index contributed by atoms with van der Waals surface area (Å²) >= 11 is 6.93. The molecule has 0 saturated heterocycles. The van der Waals surface area contributed by atoms with Crippen LogP contribution < -0.4 is 9.47 Å². The molecule has 0 radical (unpaired) electrons. The van der Waals surface area contributed by atoms with E-state index in [1.165, 1.54) is 91.5 Å². The van der Waals surface area contributed by atoms with Crippen molar-refractivity contribution in [2.24, 2.45) is 11.8 Å². The lowest BCUT2D eigenvalue weighted by Gasteiger charge is -2.40. The topological polar surface area (TPSA) is 94.2 Å². The Labute approximate surface area is 355 Å². The van der Waals surface area contributed by atoms with Crippen LogP contribution in [0.15, 0.2) is 71.0 Å². The van der Waals surface area contributed by atoms with E-state index in [9.17, 15) is 15.8 Å². The van der Waals surface area contributed by atoms with Gasteiger partial charge in [-0.3, -0.25) is 0 Å². The first-order valence-electron chi connectivity index (χ1n) is 19.9. The molecule has 0 N–H and O–H groups in total. The fourth-order valence-electron chi connectivity index (χ4n) is 10.7. The average molecular weight is 831 g/mol. The molecule has 4 heterocycles. The van der Waals surface area contributed by atoms with Gasteiger partial charge in [0, 0.05) is 51.9 Å². The summed E-state index contributed by atoms with van der Waals surface area (Å²) in [5.41, 5.74) is 9.03. The second kappa shape index (κ2) is 14.3. The summed E-state index contributed by atoms with van der Waals surface area (Å²) in [7, 11) is 3.40. The highest BCUT2D eigenvalue weighted by molar-refractivity contribution is 7.24. The molecule has 10 rings (SSSR count). The highest BCUT2D eigenvalue weighted by atomic mass is 32.1. The minimum atomic E-state index is 0.00567. The first kappa shape index (κ1) is 37.1. The molecule has 2 unspecified atom stereocenters. The van der Waals surface area contributed by atoms with Gasteiger partial charge in [-0.2, -0.15) is 10.5 Å². The average Bonchev–Trinajstić information content (AvgIpc) is 4.12. The molecule has 58 heavy (non-hydrogen) atoms. The molecule has 2 spiro atoms. The maximum Gasteiger partial charge on any atom is 0.263 e. The van der Waals surface area contributed by atoms with E-state index in [1.54, 1.807) is 49.0 Å². The summed E-state index contributed by atoms with van der Waals surface area (Å²) in [6, 6.07) is 14.8. The molecule has 6 aliphatic rings. The molecule has 286 valence electrons. The van der Waals surface area contributed by atoms with Gasteiger partial charge in [0.1, 0.15) is 29.2 Å². The van der Waals surface area contributed by atoms with Gasteiger partial charge in [0.2, 0.25) is 0 Å². The first-order valence-corrected chi connectivity index (χ1v) is 23.2. The Balaban J connectivity index is 1.07. The van der Waals surface area contributed by atoms with Gasteiger partial charge < -0.3 is 9.47 Å². The summed E-state index contributed by atoms with van der Waals surface area (Å²) in [4.78, 5) is 12.4. The Morgan fingerprint density at radius 3 is 1.52 bits per heavy atom. The van der Waals surface area contributed by atoms with Crippen molar-refractivity contribution in [2.75, 3.05) is 14.2 Å². The summed E-state index contributed by atoms with van der Waals surface area (Å²) in [6.45, 7) is 7.38. The summed E-state index contributed by atoms with van der Waals surface area (Å²) in [5.74, 6) is 2.14. The van der Waals surface area contributed by atoms with Crippen LogP contribution in [0.1, 0.15) is 94.8 Å². The van der Waals surface area contributed by atoms with Crippen molar-refractivity contribution in [1.29, 1.82) is 15.8 Å². The van der Waals surface area contributed by atoms with E-state index < -0.39 is 0 Å². The van der Waals surface area contributed by atoms with Gasteiger partial charge in [-0.05, 0) is 95.5 Å². The van der Waals surface area contributed by atoms with Crippen LogP contribution in [0, 0.1) is 52.4 Å². The van der Waals surface area contributed by atoms with Crippen LogP contribution in [-0.4, -0.2) is 14.2 Å². The van der Waals surface area contributed by atoms with E-state index in [1.807, 2.05) is 53.0 Å². The lowest BCUT2D eigenvalue weighted by molar-refractivity contribution is 0.347. The number of methoxy groups -OCH3 is 2. The van der Waals surface area contributed by atoms with Crippen LogP contribution in [0.5, 0.6) is 11.5 Å². The third-order valence-electron chi connectivity index (χ3n) is 13.3. The third-order valence-corrected chi connectivity index (χ3v) is 18.1. The number of ether oxygens (including phenoxy) is 2. The molecule has 0 bridgehead atoms. The number of nitrogens with zero attached hydrogens (tertiary/aromatic N) is 4. The van der Waals surface area contributed by atoms with E-state index in [0.717, 1.165) is 56.7 Å². The molecule has 0 aromatic carbocycles. The van der Waals surface area contributed by atoms with Gasteiger partial charge >= 0.3 is 0 Å². The molecular weight excluding hydrogens is 793 g/mol. The molecule has 4 aromatic heterocycles. The number of allylic oxidation sites excluding steroid dienone is 10. The third kappa shape index (κ3) is 5.54. The van der Waals surface area contributed by atoms with Crippen molar-refractivity contribution in [3.8, 4) is 49.2 Å². The Bertz CT molecular complexity index is 2560. The Morgan fingerprint density at radius 2 is 1.10 bits per heavy atom. The van der Waals surface area contributed by atoms with Gasteiger partial charge in [0.25, 0.3) is 5.70 Å². The van der Waals surface area contributed by atoms with Gasteiger partial charge in [-0.1, -0.05) is 62.8 Å². The second-order valence-corrected chi connectivity index (χ2v) is 20.4. The molecule has 2 atom stereocenters. The van der Waals surface area contributed by atoms with E-state index in [2.05, 4.69) is 41.3 Å². The van der Waals surface area contributed by atoms with Crippen molar-refractivity contribution in [3.05, 3.63) is 113 Å². The Hall–Kier alpha value is -5.20. The van der Waals surface area contributed by atoms with Gasteiger partial charge in [-0.15, -0.1) is 45.3 Å². The highest BCUT2D eigenvalue weighted by Gasteiger charge is 2.52. The number of rotatable bonds is 6. The molecule has 6 nitrogen and oxygen atoms in total. The molecule has 4 aromatic rings. The highest BCUT2D eigenvalue weighted by Crippen LogP contribution is 2.66. The lowest BCUT2D eigenvalue weighted by Crippen LogP contribution is -2.31. The predicted octanol–water partition coefficient (Wildman–Crippen LogP) is 13.5. The normalized spacial score (nSPS) is 21.7. The van der Waals surface area contributed by atoms with Crippen LogP contribution in [0.25, 0.3) is 47.7 Å². The molecule has 6 aliphatic carbocycles. The molecule has 0 amide bonds. The minimum Gasteiger partial charge on any atom is -0.495 e. The molecule has 2 fully saturated rings. The molecule has 0 aliphatic heterocycles. The van der Waals surface area contributed by atoms with Crippen molar-refractivity contribution in [3.63, 3.8) is 0 Å². The summed E-state index contributed by atoms with van der Waals surface area (Å²) < 4.78 is 11.8. The SMILES string of the molecule is [C-]#[N+]/C(C#N)=C/c1cc(OC)c(-c2cc3c(s2)C2=CC4C=C5C(=CC4C=C2C32CCCCC2)c2sc(-c3sc(C=C(C#N)C#N)cc3OC)cc2C52CCCCC2)s1. The largest absolute Gasteiger partial charge is 0.495 e. The van der Waals surface area contributed by atoms with Crippen LogP contribution in [-0.2, 0) is 10.8 Å². The fourth-order valence-corrected chi connectivity index (χ4v) is 15.7.